The Hall–Kier alpha value is -1.41. The molecule has 0 aliphatic carbocycles. The van der Waals surface area contributed by atoms with Gasteiger partial charge in [0.2, 0.25) is 0 Å². The largest absolute Gasteiger partial charge is 0.376 e. The van der Waals surface area contributed by atoms with Crippen molar-refractivity contribution in [2.45, 2.75) is 46.3 Å². The molecule has 28 heavy (non-hydrogen) atoms. The van der Waals surface area contributed by atoms with E-state index in [1.54, 1.807) is 4.68 Å². The summed E-state index contributed by atoms with van der Waals surface area (Å²) in [5.74, 6) is 1.48. The van der Waals surface area contributed by atoms with Gasteiger partial charge in [0.05, 0.1) is 6.10 Å². The molecule has 3 heterocycles. The highest BCUT2D eigenvalue weighted by molar-refractivity contribution is 6.30. The number of hydrogen-bond acceptors (Lipinski definition) is 6. The van der Waals surface area contributed by atoms with E-state index in [0.29, 0.717) is 11.1 Å². The van der Waals surface area contributed by atoms with Crippen LogP contribution in [0.1, 0.15) is 38.0 Å². The molecule has 1 fully saturated rings. The average molecular weight is 410 g/mol. The Kier molecular flexibility index (Phi) is 7.51. The first-order valence-electron chi connectivity index (χ1n) is 10.1. The highest BCUT2D eigenvalue weighted by atomic mass is 35.5. The van der Waals surface area contributed by atoms with Crippen molar-refractivity contribution in [2.75, 3.05) is 32.8 Å². The third kappa shape index (κ3) is 5.56. The summed E-state index contributed by atoms with van der Waals surface area (Å²) in [7, 11) is 1.86. The van der Waals surface area contributed by atoms with Crippen LogP contribution in [0.3, 0.4) is 0 Å². The maximum Gasteiger partial charge on any atom is 0.134 e. The molecule has 1 atom stereocenters. The lowest BCUT2D eigenvalue weighted by Crippen LogP contribution is -2.38. The highest BCUT2D eigenvalue weighted by Gasteiger charge is 2.24. The lowest BCUT2D eigenvalue weighted by atomic mass is 10.1. The Balaban J connectivity index is 1.67. The minimum atomic E-state index is 0.183. The van der Waals surface area contributed by atoms with Crippen LogP contribution in [0.4, 0.5) is 0 Å². The molecule has 0 aromatic carbocycles. The van der Waals surface area contributed by atoms with Crippen molar-refractivity contribution in [1.29, 1.82) is 0 Å². The molecule has 1 aliphatic rings. The zero-order valence-electron chi connectivity index (χ0n) is 17.4. The van der Waals surface area contributed by atoms with E-state index in [-0.39, 0.29) is 6.10 Å². The standard InChI is InChI=1S/C20H32ClN5O2/c1-14(2)6-7-22-11-16-12-26(8-5-9-27-16)13-17-19(23-25(4)20(17)21)18-10-15(3)28-24-18/h10,14,16,22H,5-9,11-13H2,1-4H3. The van der Waals surface area contributed by atoms with Crippen molar-refractivity contribution in [3.63, 3.8) is 0 Å². The molecular weight excluding hydrogens is 378 g/mol. The summed E-state index contributed by atoms with van der Waals surface area (Å²) in [6, 6.07) is 1.90. The van der Waals surface area contributed by atoms with Gasteiger partial charge in [0, 0.05) is 51.5 Å². The Labute approximate surface area is 172 Å². The second kappa shape index (κ2) is 9.87. The molecule has 8 heteroatoms. The van der Waals surface area contributed by atoms with Crippen molar-refractivity contribution in [3.8, 4) is 11.4 Å². The number of hydrogen-bond donors (Lipinski definition) is 1. The van der Waals surface area contributed by atoms with Crippen molar-refractivity contribution in [1.82, 2.24) is 25.2 Å². The highest BCUT2D eigenvalue weighted by Crippen LogP contribution is 2.29. The maximum absolute atomic E-state index is 6.57. The van der Waals surface area contributed by atoms with Gasteiger partial charge < -0.3 is 14.6 Å². The summed E-state index contributed by atoms with van der Waals surface area (Å²) in [5, 5.41) is 12.9. The van der Waals surface area contributed by atoms with Gasteiger partial charge in [-0.25, -0.2) is 0 Å². The molecule has 2 aromatic heterocycles. The summed E-state index contributed by atoms with van der Waals surface area (Å²) >= 11 is 6.57. The van der Waals surface area contributed by atoms with E-state index in [4.69, 9.17) is 20.9 Å². The van der Waals surface area contributed by atoms with Gasteiger partial charge in [0.1, 0.15) is 22.3 Å². The number of nitrogens with zero attached hydrogens (tertiary/aromatic N) is 4. The fraction of sp³-hybridized carbons (Fsp3) is 0.700. The molecule has 1 N–H and O–H groups in total. The van der Waals surface area contributed by atoms with Crippen LogP contribution in [0.15, 0.2) is 10.6 Å². The number of nitrogens with one attached hydrogen (secondary N) is 1. The Morgan fingerprint density at radius 3 is 2.93 bits per heavy atom. The molecule has 156 valence electrons. The fourth-order valence-corrected chi connectivity index (χ4v) is 3.67. The van der Waals surface area contributed by atoms with E-state index in [2.05, 4.69) is 34.3 Å². The van der Waals surface area contributed by atoms with E-state index in [1.807, 2.05) is 20.0 Å². The summed E-state index contributed by atoms with van der Waals surface area (Å²) in [4.78, 5) is 2.40. The Bertz CT molecular complexity index is 758. The predicted octanol–water partition coefficient (Wildman–Crippen LogP) is 3.26. The number of halogens is 1. The van der Waals surface area contributed by atoms with E-state index in [9.17, 15) is 0 Å². The first-order chi connectivity index (χ1) is 13.4. The quantitative estimate of drug-likeness (QED) is 0.675. The fourth-order valence-electron chi connectivity index (χ4n) is 3.49. The second-order valence-corrected chi connectivity index (χ2v) is 8.39. The Morgan fingerprint density at radius 1 is 1.39 bits per heavy atom. The van der Waals surface area contributed by atoms with Gasteiger partial charge in [-0.1, -0.05) is 30.6 Å². The molecule has 1 aliphatic heterocycles. The van der Waals surface area contributed by atoms with E-state index >= 15 is 0 Å². The van der Waals surface area contributed by atoms with Gasteiger partial charge in [-0.15, -0.1) is 0 Å². The second-order valence-electron chi connectivity index (χ2n) is 8.03. The number of ether oxygens (including phenoxy) is 1. The van der Waals surface area contributed by atoms with Crippen LogP contribution >= 0.6 is 11.6 Å². The zero-order valence-corrected chi connectivity index (χ0v) is 18.1. The first-order valence-corrected chi connectivity index (χ1v) is 10.5. The average Bonchev–Trinajstić information content (AvgIpc) is 3.10. The molecular formula is C20H32ClN5O2. The molecule has 2 aromatic rings. The summed E-state index contributed by atoms with van der Waals surface area (Å²) in [6.45, 7) is 11.6. The lowest BCUT2D eigenvalue weighted by Gasteiger charge is -2.24. The molecule has 7 nitrogen and oxygen atoms in total. The lowest BCUT2D eigenvalue weighted by molar-refractivity contribution is 0.0534. The third-order valence-electron chi connectivity index (χ3n) is 5.03. The summed E-state index contributed by atoms with van der Waals surface area (Å²) in [5.41, 5.74) is 2.51. The van der Waals surface area contributed by atoms with Crippen molar-refractivity contribution < 1.29 is 9.26 Å². The van der Waals surface area contributed by atoms with Gasteiger partial charge in [-0.3, -0.25) is 9.58 Å². The van der Waals surface area contributed by atoms with Crippen LogP contribution in [-0.4, -0.2) is 58.7 Å². The van der Waals surface area contributed by atoms with Gasteiger partial charge in [0.15, 0.2) is 0 Å². The van der Waals surface area contributed by atoms with E-state index < -0.39 is 0 Å². The number of aromatic nitrogens is 3. The number of aryl methyl sites for hydroxylation is 2. The minimum absolute atomic E-state index is 0.183. The summed E-state index contributed by atoms with van der Waals surface area (Å²) in [6.07, 6.45) is 2.38. The van der Waals surface area contributed by atoms with Gasteiger partial charge in [-0.2, -0.15) is 5.10 Å². The van der Waals surface area contributed by atoms with Crippen LogP contribution in [0.5, 0.6) is 0 Å². The topological polar surface area (TPSA) is 68.3 Å². The minimum Gasteiger partial charge on any atom is -0.376 e. The first kappa shape index (κ1) is 21.3. The van der Waals surface area contributed by atoms with Gasteiger partial charge >= 0.3 is 0 Å². The van der Waals surface area contributed by atoms with Gasteiger partial charge in [0.25, 0.3) is 0 Å². The Morgan fingerprint density at radius 2 is 2.21 bits per heavy atom. The summed E-state index contributed by atoms with van der Waals surface area (Å²) < 4.78 is 13.0. The molecule has 3 rings (SSSR count). The number of rotatable bonds is 8. The maximum atomic E-state index is 6.57. The van der Waals surface area contributed by atoms with Crippen LogP contribution in [0.25, 0.3) is 11.4 Å². The van der Waals surface area contributed by atoms with Crippen molar-refractivity contribution in [3.05, 3.63) is 22.5 Å². The van der Waals surface area contributed by atoms with Gasteiger partial charge in [-0.05, 0) is 32.2 Å². The normalized spacial score (nSPS) is 18.7. The molecule has 0 radical (unpaired) electrons. The molecule has 0 bridgehead atoms. The van der Waals surface area contributed by atoms with Crippen LogP contribution in [0, 0.1) is 12.8 Å². The van der Waals surface area contributed by atoms with Crippen LogP contribution < -0.4 is 5.32 Å². The van der Waals surface area contributed by atoms with Crippen LogP contribution in [-0.2, 0) is 18.3 Å². The molecule has 0 amide bonds. The SMILES string of the molecule is Cc1cc(-c2nn(C)c(Cl)c2CN2CCCOC(CNCCC(C)C)C2)no1. The molecule has 1 saturated heterocycles. The van der Waals surface area contributed by atoms with E-state index in [1.165, 1.54) is 6.42 Å². The molecule has 1 unspecified atom stereocenters. The smallest absolute Gasteiger partial charge is 0.134 e. The molecule has 0 spiro atoms. The molecule has 0 saturated carbocycles. The third-order valence-corrected chi connectivity index (χ3v) is 5.50. The monoisotopic (exact) mass is 409 g/mol. The van der Waals surface area contributed by atoms with Crippen LogP contribution in [0.2, 0.25) is 5.15 Å². The van der Waals surface area contributed by atoms with Crippen molar-refractivity contribution >= 4 is 11.6 Å². The zero-order chi connectivity index (χ0) is 20.1. The predicted molar refractivity (Wildman–Crippen MR) is 110 cm³/mol. The van der Waals surface area contributed by atoms with E-state index in [0.717, 1.165) is 68.5 Å². The van der Waals surface area contributed by atoms with Crippen molar-refractivity contribution in [2.24, 2.45) is 13.0 Å².